The lowest BCUT2D eigenvalue weighted by Crippen LogP contribution is -2.36. The number of anilines is 1. The van der Waals surface area contributed by atoms with Crippen LogP contribution in [0.1, 0.15) is 6.92 Å². The number of rotatable bonds is 3. The predicted molar refractivity (Wildman–Crippen MR) is 54.0 cm³/mol. The SMILES string of the molecule is CC(CN)N(C)c1ncc(Cl)cn1. The molecule has 0 aliphatic carbocycles. The first kappa shape index (κ1) is 10.2. The Morgan fingerprint density at radius 3 is 2.54 bits per heavy atom. The van der Waals surface area contributed by atoms with E-state index in [1.165, 1.54) is 0 Å². The Bertz CT molecular complexity index is 261. The van der Waals surface area contributed by atoms with E-state index in [0.29, 0.717) is 17.5 Å². The zero-order valence-corrected chi connectivity index (χ0v) is 8.49. The van der Waals surface area contributed by atoms with Crippen LogP contribution in [-0.4, -0.2) is 29.6 Å². The molecule has 1 atom stereocenters. The number of hydrogen-bond acceptors (Lipinski definition) is 4. The van der Waals surface area contributed by atoms with E-state index in [1.807, 2.05) is 18.9 Å². The summed E-state index contributed by atoms with van der Waals surface area (Å²) in [6.45, 7) is 2.58. The maximum Gasteiger partial charge on any atom is 0.225 e. The summed E-state index contributed by atoms with van der Waals surface area (Å²) in [5.74, 6) is 0.641. The second kappa shape index (κ2) is 4.39. The number of nitrogens with zero attached hydrogens (tertiary/aromatic N) is 3. The maximum absolute atomic E-state index is 5.66. The second-order valence-electron chi connectivity index (χ2n) is 2.90. The van der Waals surface area contributed by atoms with Crippen LogP contribution >= 0.6 is 11.6 Å². The van der Waals surface area contributed by atoms with Crippen molar-refractivity contribution in [2.24, 2.45) is 5.73 Å². The van der Waals surface area contributed by atoms with Crippen LogP contribution in [0, 0.1) is 0 Å². The molecular weight excluding hydrogens is 188 g/mol. The smallest absolute Gasteiger partial charge is 0.225 e. The minimum Gasteiger partial charge on any atom is -0.340 e. The molecule has 0 saturated carbocycles. The van der Waals surface area contributed by atoms with Gasteiger partial charge in [-0.1, -0.05) is 11.6 Å². The van der Waals surface area contributed by atoms with E-state index in [4.69, 9.17) is 17.3 Å². The lowest BCUT2D eigenvalue weighted by atomic mass is 10.3. The molecule has 0 saturated heterocycles. The van der Waals surface area contributed by atoms with Gasteiger partial charge in [-0.3, -0.25) is 0 Å². The van der Waals surface area contributed by atoms with Crippen LogP contribution in [0.5, 0.6) is 0 Å². The van der Waals surface area contributed by atoms with E-state index >= 15 is 0 Å². The Morgan fingerprint density at radius 2 is 2.08 bits per heavy atom. The fourth-order valence-corrected chi connectivity index (χ4v) is 0.940. The van der Waals surface area contributed by atoms with Crippen LogP contribution in [0.15, 0.2) is 12.4 Å². The summed E-state index contributed by atoms with van der Waals surface area (Å²) in [4.78, 5) is 10.1. The van der Waals surface area contributed by atoms with Crippen LogP contribution in [0.2, 0.25) is 5.02 Å². The van der Waals surface area contributed by atoms with Gasteiger partial charge in [0, 0.05) is 19.6 Å². The highest BCUT2D eigenvalue weighted by atomic mass is 35.5. The Hall–Kier alpha value is -0.870. The molecule has 0 aromatic carbocycles. The van der Waals surface area contributed by atoms with Crippen molar-refractivity contribution in [2.75, 3.05) is 18.5 Å². The van der Waals surface area contributed by atoms with Crippen LogP contribution in [0.4, 0.5) is 5.95 Å². The molecule has 1 rings (SSSR count). The molecule has 0 fully saturated rings. The maximum atomic E-state index is 5.66. The van der Waals surface area contributed by atoms with E-state index in [-0.39, 0.29) is 6.04 Å². The summed E-state index contributed by atoms with van der Waals surface area (Å²) >= 11 is 5.66. The van der Waals surface area contributed by atoms with E-state index in [2.05, 4.69) is 9.97 Å². The standard InChI is InChI=1S/C8H13ClN4/c1-6(3-10)13(2)8-11-4-7(9)5-12-8/h4-6H,3,10H2,1-2H3. The highest BCUT2D eigenvalue weighted by Gasteiger charge is 2.09. The van der Waals surface area contributed by atoms with Gasteiger partial charge in [0.1, 0.15) is 0 Å². The third-order valence-electron chi connectivity index (χ3n) is 1.92. The molecule has 1 aromatic rings. The minimum atomic E-state index is 0.223. The van der Waals surface area contributed by atoms with Gasteiger partial charge in [-0.2, -0.15) is 0 Å². The van der Waals surface area contributed by atoms with Crippen LogP contribution in [0.3, 0.4) is 0 Å². The van der Waals surface area contributed by atoms with Gasteiger partial charge in [0.25, 0.3) is 0 Å². The van der Waals surface area contributed by atoms with Crippen molar-refractivity contribution < 1.29 is 0 Å². The Labute approximate surface area is 82.7 Å². The molecule has 5 heteroatoms. The fraction of sp³-hybridized carbons (Fsp3) is 0.500. The molecule has 1 heterocycles. The second-order valence-corrected chi connectivity index (χ2v) is 3.33. The van der Waals surface area contributed by atoms with Crippen molar-refractivity contribution in [1.29, 1.82) is 0 Å². The predicted octanol–water partition coefficient (Wildman–Crippen LogP) is 0.913. The van der Waals surface area contributed by atoms with Crippen molar-refractivity contribution in [3.63, 3.8) is 0 Å². The topological polar surface area (TPSA) is 55.0 Å². The molecule has 0 amide bonds. The molecule has 0 aliphatic heterocycles. The Kier molecular flexibility index (Phi) is 3.45. The molecule has 0 radical (unpaired) electrons. The molecule has 1 aromatic heterocycles. The summed E-state index contributed by atoms with van der Waals surface area (Å²) < 4.78 is 0. The molecule has 0 aliphatic rings. The highest BCUT2D eigenvalue weighted by molar-refractivity contribution is 6.30. The molecule has 72 valence electrons. The molecule has 0 spiro atoms. The third-order valence-corrected chi connectivity index (χ3v) is 2.12. The molecule has 4 nitrogen and oxygen atoms in total. The van der Waals surface area contributed by atoms with Gasteiger partial charge in [-0.15, -0.1) is 0 Å². The summed E-state index contributed by atoms with van der Waals surface area (Å²) in [6, 6.07) is 0.223. The highest BCUT2D eigenvalue weighted by Crippen LogP contribution is 2.10. The Balaban J connectivity index is 2.77. The number of halogens is 1. The van der Waals surface area contributed by atoms with Crippen molar-refractivity contribution in [3.8, 4) is 0 Å². The van der Waals surface area contributed by atoms with Crippen molar-refractivity contribution in [3.05, 3.63) is 17.4 Å². The van der Waals surface area contributed by atoms with E-state index in [0.717, 1.165) is 0 Å². The van der Waals surface area contributed by atoms with Gasteiger partial charge in [0.15, 0.2) is 0 Å². The van der Waals surface area contributed by atoms with E-state index < -0.39 is 0 Å². The van der Waals surface area contributed by atoms with Crippen LogP contribution in [0.25, 0.3) is 0 Å². The summed E-state index contributed by atoms with van der Waals surface area (Å²) in [7, 11) is 1.90. The summed E-state index contributed by atoms with van der Waals surface area (Å²) in [6.07, 6.45) is 3.15. The third kappa shape index (κ3) is 2.54. The first-order chi connectivity index (χ1) is 6.15. The van der Waals surface area contributed by atoms with Crippen LogP contribution < -0.4 is 10.6 Å². The van der Waals surface area contributed by atoms with Crippen molar-refractivity contribution in [1.82, 2.24) is 9.97 Å². The number of aromatic nitrogens is 2. The summed E-state index contributed by atoms with van der Waals surface area (Å²) in [5, 5.41) is 0.539. The molecular formula is C8H13ClN4. The summed E-state index contributed by atoms with van der Waals surface area (Å²) in [5.41, 5.74) is 5.52. The van der Waals surface area contributed by atoms with Gasteiger partial charge < -0.3 is 10.6 Å². The quantitative estimate of drug-likeness (QED) is 0.788. The number of hydrogen-bond donors (Lipinski definition) is 1. The fourth-order valence-electron chi connectivity index (χ4n) is 0.843. The van der Waals surface area contributed by atoms with Crippen molar-refractivity contribution >= 4 is 17.5 Å². The first-order valence-electron chi connectivity index (χ1n) is 4.05. The first-order valence-corrected chi connectivity index (χ1v) is 4.43. The average molecular weight is 201 g/mol. The van der Waals surface area contributed by atoms with Gasteiger partial charge in [0.2, 0.25) is 5.95 Å². The van der Waals surface area contributed by atoms with E-state index in [1.54, 1.807) is 12.4 Å². The lowest BCUT2D eigenvalue weighted by molar-refractivity contribution is 0.677. The largest absolute Gasteiger partial charge is 0.340 e. The Morgan fingerprint density at radius 1 is 1.54 bits per heavy atom. The molecule has 1 unspecified atom stereocenters. The van der Waals surface area contributed by atoms with Crippen LogP contribution in [-0.2, 0) is 0 Å². The number of likely N-dealkylation sites (N-methyl/N-ethyl adjacent to an activating group) is 1. The zero-order valence-electron chi connectivity index (χ0n) is 7.74. The van der Waals surface area contributed by atoms with Crippen molar-refractivity contribution in [2.45, 2.75) is 13.0 Å². The van der Waals surface area contributed by atoms with Gasteiger partial charge >= 0.3 is 0 Å². The lowest BCUT2D eigenvalue weighted by Gasteiger charge is -2.23. The molecule has 0 bridgehead atoms. The van der Waals surface area contributed by atoms with E-state index in [9.17, 15) is 0 Å². The molecule has 13 heavy (non-hydrogen) atoms. The number of nitrogens with two attached hydrogens (primary N) is 1. The minimum absolute atomic E-state index is 0.223. The normalized spacial score (nSPS) is 12.6. The van der Waals surface area contributed by atoms with Gasteiger partial charge in [-0.25, -0.2) is 9.97 Å². The average Bonchev–Trinajstić information content (AvgIpc) is 2.17. The molecule has 2 N–H and O–H groups in total. The monoisotopic (exact) mass is 200 g/mol. The van der Waals surface area contributed by atoms with Gasteiger partial charge in [-0.05, 0) is 6.92 Å². The zero-order chi connectivity index (χ0) is 9.84. The van der Waals surface area contributed by atoms with Gasteiger partial charge in [0.05, 0.1) is 17.4 Å².